The molecule has 1 rings (SSSR count). The first kappa shape index (κ1) is 11.7. The van der Waals surface area contributed by atoms with Gasteiger partial charge in [0.2, 0.25) is 0 Å². The van der Waals surface area contributed by atoms with Gasteiger partial charge in [0.05, 0.1) is 6.61 Å². The summed E-state index contributed by atoms with van der Waals surface area (Å²) in [6.07, 6.45) is 7.73. The van der Waals surface area contributed by atoms with Crippen LogP contribution in [0.3, 0.4) is 0 Å². The molecule has 1 fully saturated rings. The third-order valence-electron chi connectivity index (χ3n) is 2.90. The molecule has 0 aromatic carbocycles. The van der Waals surface area contributed by atoms with E-state index in [-0.39, 0.29) is 0 Å². The standard InChI is InChI=1S/C11H22N2O/c1-2-3-4-7-11(13-12)10-6-5-8-14-9-10/h2,10-11,13H,1,3-9,12H2. The Hall–Kier alpha value is -0.380. The van der Waals surface area contributed by atoms with E-state index >= 15 is 0 Å². The highest BCUT2D eigenvalue weighted by atomic mass is 16.5. The molecule has 1 heterocycles. The molecule has 3 heteroatoms. The van der Waals surface area contributed by atoms with Crippen molar-refractivity contribution in [1.82, 2.24) is 5.43 Å². The monoisotopic (exact) mass is 198 g/mol. The number of hydrogen-bond acceptors (Lipinski definition) is 3. The number of hydrazine groups is 1. The molecular formula is C11H22N2O. The molecule has 0 aliphatic carbocycles. The number of nitrogens with two attached hydrogens (primary N) is 1. The number of hydrogen-bond donors (Lipinski definition) is 2. The third-order valence-corrected chi connectivity index (χ3v) is 2.90. The van der Waals surface area contributed by atoms with Crippen LogP contribution >= 0.6 is 0 Å². The van der Waals surface area contributed by atoms with Crippen molar-refractivity contribution in [2.75, 3.05) is 13.2 Å². The molecule has 1 aliphatic heterocycles. The third kappa shape index (κ3) is 3.78. The van der Waals surface area contributed by atoms with Gasteiger partial charge in [0, 0.05) is 12.6 Å². The Kier molecular flexibility index (Phi) is 5.83. The average molecular weight is 198 g/mol. The molecule has 0 aromatic rings. The number of rotatable bonds is 6. The highest BCUT2D eigenvalue weighted by Crippen LogP contribution is 2.20. The molecule has 0 aromatic heterocycles. The second-order valence-corrected chi connectivity index (χ2v) is 3.97. The van der Waals surface area contributed by atoms with Crippen LogP contribution in [0.2, 0.25) is 0 Å². The van der Waals surface area contributed by atoms with Crippen LogP contribution in [0.15, 0.2) is 12.7 Å². The smallest absolute Gasteiger partial charge is 0.0509 e. The van der Waals surface area contributed by atoms with E-state index in [1.165, 1.54) is 12.8 Å². The van der Waals surface area contributed by atoms with E-state index in [2.05, 4.69) is 12.0 Å². The van der Waals surface area contributed by atoms with Crippen LogP contribution in [0, 0.1) is 5.92 Å². The molecule has 1 saturated heterocycles. The lowest BCUT2D eigenvalue weighted by Crippen LogP contribution is -2.43. The first-order valence-electron chi connectivity index (χ1n) is 5.53. The van der Waals surface area contributed by atoms with Crippen LogP contribution in [0.25, 0.3) is 0 Å². The molecular weight excluding hydrogens is 176 g/mol. The quantitative estimate of drug-likeness (QED) is 0.295. The van der Waals surface area contributed by atoms with Gasteiger partial charge in [-0.25, -0.2) is 0 Å². The van der Waals surface area contributed by atoms with Crippen LogP contribution in [-0.4, -0.2) is 19.3 Å². The zero-order valence-corrected chi connectivity index (χ0v) is 8.87. The summed E-state index contributed by atoms with van der Waals surface area (Å²) in [7, 11) is 0. The van der Waals surface area contributed by atoms with Crippen LogP contribution in [0.4, 0.5) is 0 Å². The van der Waals surface area contributed by atoms with Crippen molar-refractivity contribution in [3.05, 3.63) is 12.7 Å². The summed E-state index contributed by atoms with van der Waals surface area (Å²) in [5.41, 5.74) is 2.92. The maximum atomic E-state index is 5.55. The Labute approximate surface area is 86.7 Å². The van der Waals surface area contributed by atoms with E-state index in [0.717, 1.165) is 32.5 Å². The van der Waals surface area contributed by atoms with E-state index in [4.69, 9.17) is 10.6 Å². The summed E-state index contributed by atoms with van der Waals surface area (Å²) < 4.78 is 5.46. The van der Waals surface area contributed by atoms with Gasteiger partial charge < -0.3 is 4.74 Å². The van der Waals surface area contributed by atoms with Gasteiger partial charge in [-0.3, -0.25) is 11.3 Å². The average Bonchev–Trinajstić information content (AvgIpc) is 2.26. The van der Waals surface area contributed by atoms with E-state index in [9.17, 15) is 0 Å². The van der Waals surface area contributed by atoms with Crippen LogP contribution in [0.5, 0.6) is 0 Å². The van der Waals surface area contributed by atoms with Gasteiger partial charge in [0.15, 0.2) is 0 Å². The summed E-state index contributed by atoms with van der Waals surface area (Å²) in [5, 5.41) is 0. The van der Waals surface area contributed by atoms with Crippen molar-refractivity contribution >= 4 is 0 Å². The second kappa shape index (κ2) is 6.98. The van der Waals surface area contributed by atoms with Crippen molar-refractivity contribution in [3.8, 4) is 0 Å². The first-order valence-corrected chi connectivity index (χ1v) is 5.53. The molecule has 1 aliphatic rings. The van der Waals surface area contributed by atoms with E-state index in [0.29, 0.717) is 12.0 Å². The SMILES string of the molecule is C=CCCCC(NN)C1CCCOC1. The van der Waals surface area contributed by atoms with E-state index in [1.807, 2.05) is 6.08 Å². The fourth-order valence-corrected chi connectivity index (χ4v) is 2.02. The fraction of sp³-hybridized carbons (Fsp3) is 0.818. The molecule has 14 heavy (non-hydrogen) atoms. The van der Waals surface area contributed by atoms with Gasteiger partial charge >= 0.3 is 0 Å². The fourth-order valence-electron chi connectivity index (χ4n) is 2.02. The van der Waals surface area contributed by atoms with Gasteiger partial charge in [-0.15, -0.1) is 6.58 Å². The maximum Gasteiger partial charge on any atom is 0.0509 e. The predicted octanol–water partition coefficient (Wildman–Crippen LogP) is 1.60. The van der Waals surface area contributed by atoms with Gasteiger partial charge in [0.1, 0.15) is 0 Å². The summed E-state index contributed by atoms with van der Waals surface area (Å²) in [6, 6.07) is 0.412. The lowest BCUT2D eigenvalue weighted by atomic mass is 9.91. The number of nitrogens with one attached hydrogen (secondary N) is 1. The Bertz CT molecular complexity index is 155. The molecule has 0 amide bonds. The minimum atomic E-state index is 0.412. The largest absolute Gasteiger partial charge is 0.381 e. The number of unbranched alkanes of at least 4 members (excludes halogenated alkanes) is 1. The predicted molar refractivity (Wildman–Crippen MR) is 58.7 cm³/mol. The first-order chi connectivity index (χ1) is 6.88. The molecule has 3 N–H and O–H groups in total. The Balaban J connectivity index is 2.24. The number of allylic oxidation sites excluding steroid dienone is 1. The minimum absolute atomic E-state index is 0.412. The van der Waals surface area contributed by atoms with Crippen molar-refractivity contribution in [2.45, 2.75) is 38.1 Å². The molecule has 0 saturated carbocycles. The van der Waals surface area contributed by atoms with Crippen LogP contribution in [-0.2, 0) is 4.74 Å². The van der Waals surface area contributed by atoms with Crippen molar-refractivity contribution in [2.24, 2.45) is 11.8 Å². The molecule has 0 radical (unpaired) electrons. The van der Waals surface area contributed by atoms with Gasteiger partial charge in [0.25, 0.3) is 0 Å². The van der Waals surface area contributed by atoms with Crippen LogP contribution < -0.4 is 11.3 Å². The zero-order valence-electron chi connectivity index (χ0n) is 8.87. The van der Waals surface area contributed by atoms with Crippen molar-refractivity contribution in [1.29, 1.82) is 0 Å². The Morgan fingerprint density at radius 3 is 3.07 bits per heavy atom. The summed E-state index contributed by atoms with van der Waals surface area (Å²) in [5.74, 6) is 6.15. The molecule has 3 nitrogen and oxygen atoms in total. The van der Waals surface area contributed by atoms with Gasteiger partial charge in [-0.1, -0.05) is 6.08 Å². The lowest BCUT2D eigenvalue weighted by Gasteiger charge is -2.29. The summed E-state index contributed by atoms with van der Waals surface area (Å²) in [6.45, 7) is 5.50. The summed E-state index contributed by atoms with van der Waals surface area (Å²) >= 11 is 0. The van der Waals surface area contributed by atoms with E-state index in [1.54, 1.807) is 0 Å². The van der Waals surface area contributed by atoms with Crippen molar-refractivity contribution in [3.63, 3.8) is 0 Å². The highest BCUT2D eigenvalue weighted by molar-refractivity contribution is 4.78. The molecule has 2 unspecified atom stereocenters. The second-order valence-electron chi connectivity index (χ2n) is 3.97. The van der Waals surface area contributed by atoms with Gasteiger partial charge in [-0.2, -0.15) is 0 Å². The minimum Gasteiger partial charge on any atom is -0.381 e. The lowest BCUT2D eigenvalue weighted by molar-refractivity contribution is 0.0376. The molecule has 0 bridgehead atoms. The number of ether oxygens (including phenoxy) is 1. The Morgan fingerprint density at radius 2 is 2.50 bits per heavy atom. The summed E-state index contributed by atoms with van der Waals surface area (Å²) in [4.78, 5) is 0. The zero-order chi connectivity index (χ0) is 10.2. The van der Waals surface area contributed by atoms with Crippen LogP contribution in [0.1, 0.15) is 32.1 Å². The highest BCUT2D eigenvalue weighted by Gasteiger charge is 2.22. The normalized spacial score (nSPS) is 24.5. The van der Waals surface area contributed by atoms with Crippen molar-refractivity contribution < 1.29 is 4.74 Å². The molecule has 2 atom stereocenters. The maximum absolute atomic E-state index is 5.55. The topological polar surface area (TPSA) is 47.3 Å². The molecule has 0 spiro atoms. The van der Waals surface area contributed by atoms with Gasteiger partial charge in [-0.05, 0) is 38.0 Å². The molecule has 82 valence electrons. The Morgan fingerprint density at radius 1 is 1.64 bits per heavy atom. The van der Waals surface area contributed by atoms with E-state index < -0.39 is 0 Å².